The Kier molecular flexibility index (Phi) is 5.90. The molecular weight excluding hydrogens is 440 g/mol. The SMILES string of the molecule is COC(=O)c1ccc(CN2CCC(c3nc(C4(CNC5C[C@@H]5c5ccccc5)CC4)no3)C2)cc1. The molecule has 182 valence electrons. The molecule has 2 unspecified atom stereocenters. The molecule has 0 radical (unpaired) electrons. The lowest BCUT2D eigenvalue weighted by atomic mass is 10.1. The molecule has 2 heterocycles. The van der Waals surface area contributed by atoms with Crippen LogP contribution in [0.4, 0.5) is 0 Å². The van der Waals surface area contributed by atoms with Crippen LogP contribution in [0.15, 0.2) is 59.1 Å². The summed E-state index contributed by atoms with van der Waals surface area (Å²) in [6.45, 7) is 3.68. The molecule has 0 spiro atoms. The Hall–Kier alpha value is -3.03. The average Bonchev–Trinajstić information content (AvgIpc) is 3.75. The molecule has 0 bridgehead atoms. The van der Waals surface area contributed by atoms with Crippen molar-refractivity contribution in [2.45, 2.75) is 55.5 Å². The molecule has 7 heteroatoms. The number of carbonyl (C=O) groups excluding carboxylic acids is 1. The maximum Gasteiger partial charge on any atom is 0.337 e. The van der Waals surface area contributed by atoms with Crippen molar-refractivity contribution in [3.63, 3.8) is 0 Å². The minimum Gasteiger partial charge on any atom is -0.465 e. The Bertz CT molecular complexity index is 1170. The van der Waals surface area contributed by atoms with Crippen LogP contribution in [0, 0.1) is 0 Å². The fourth-order valence-corrected chi connectivity index (χ4v) is 5.36. The van der Waals surface area contributed by atoms with Crippen LogP contribution in [-0.4, -0.2) is 53.8 Å². The smallest absolute Gasteiger partial charge is 0.337 e. The van der Waals surface area contributed by atoms with Crippen LogP contribution < -0.4 is 5.32 Å². The first-order valence-corrected chi connectivity index (χ1v) is 12.7. The first kappa shape index (κ1) is 22.4. The quantitative estimate of drug-likeness (QED) is 0.471. The van der Waals surface area contributed by atoms with Gasteiger partial charge in [-0.3, -0.25) is 4.90 Å². The molecule has 2 aromatic carbocycles. The number of aromatic nitrogens is 2. The molecule has 3 atom stereocenters. The number of rotatable bonds is 9. The first-order valence-electron chi connectivity index (χ1n) is 12.7. The number of nitrogens with zero attached hydrogens (tertiary/aromatic N) is 3. The van der Waals surface area contributed by atoms with Gasteiger partial charge < -0.3 is 14.6 Å². The predicted molar refractivity (Wildman–Crippen MR) is 131 cm³/mol. The number of methoxy groups -OCH3 is 1. The van der Waals surface area contributed by atoms with Gasteiger partial charge in [-0.1, -0.05) is 47.6 Å². The van der Waals surface area contributed by atoms with Gasteiger partial charge in [-0.05, 0) is 55.5 Å². The highest BCUT2D eigenvalue weighted by atomic mass is 16.5. The highest BCUT2D eigenvalue weighted by molar-refractivity contribution is 5.89. The van der Waals surface area contributed by atoms with E-state index in [-0.39, 0.29) is 17.3 Å². The molecule has 3 aromatic rings. The molecular formula is C28H32N4O3. The van der Waals surface area contributed by atoms with E-state index in [4.69, 9.17) is 14.2 Å². The van der Waals surface area contributed by atoms with Gasteiger partial charge in [0.25, 0.3) is 0 Å². The van der Waals surface area contributed by atoms with E-state index < -0.39 is 0 Å². The second-order valence-electron chi connectivity index (χ2n) is 10.4. The molecule has 1 aromatic heterocycles. The van der Waals surface area contributed by atoms with Crippen molar-refractivity contribution in [2.75, 3.05) is 26.7 Å². The van der Waals surface area contributed by atoms with Crippen molar-refractivity contribution in [3.8, 4) is 0 Å². The zero-order valence-electron chi connectivity index (χ0n) is 20.2. The molecule has 7 nitrogen and oxygen atoms in total. The van der Waals surface area contributed by atoms with Crippen molar-refractivity contribution in [3.05, 3.63) is 83.0 Å². The van der Waals surface area contributed by atoms with Crippen LogP contribution >= 0.6 is 0 Å². The monoisotopic (exact) mass is 472 g/mol. The third-order valence-electron chi connectivity index (χ3n) is 7.89. The van der Waals surface area contributed by atoms with Gasteiger partial charge in [0, 0.05) is 37.0 Å². The van der Waals surface area contributed by atoms with E-state index in [0.717, 1.165) is 57.2 Å². The Balaban J connectivity index is 1.02. The third-order valence-corrected chi connectivity index (χ3v) is 7.89. The minimum atomic E-state index is -0.304. The lowest BCUT2D eigenvalue weighted by Gasteiger charge is -2.15. The number of benzene rings is 2. The van der Waals surface area contributed by atoms with Gasteiger partial charge >= 0.3 is 5.97 Å². The second-order valence-corrected chi connectivity index (χ2v) is 10.4. The molecule has 3 fully saturated rings. The van der Waals surface area contributed by atoms with Gasteiger partial charge in [0.2, 0.25) is 5.89 Å². The van der Waals surface area contributed by atoms with Gasteiger partial charge in [-0.2, -0.15) is 4.98 Å². The van der Waals surface area contributed by atoms with Crippen LogP contribution in [0.25, 0.3) is 0 Å². The van der Waals surface area contributed by atoms with Crippen LogP contribution in [0.3, 0.4) is 0 Å². The van der Waals surface area contributed by atoms with Gasteiger partial charge in [-0.15, -0.1) is 0 Å². The number of nitrogens with one attached hydrogen (secondary N) is 1. The number of carbonyl (C=O) groups is 1. The van der Waals surface area contributed by atoms with Crippen LogP contribution in [0.1, 0.15) is 70.7 Å². The highest BCUT2D eigenvalue weighted by Crippen LogP contribution is 2.48. The molecule has 1 saturated heterocycles. The van der Waals surface area contributed by atoms with E-state index in [9.17, 15) is 4.79 Å². The van der Waals surface area contributed by atoms with E-state index in [0.29, 0.717) is 17.5 Å². The zero-order chi connectivity index (χ0) is 23.8. The fourth-order valence-electron chi connectivity index (χ4n) is 5.36. The predicted octanol–water partition coefficient (Wildman–Crippen LogP) is 4.02. The Morgan fingerprint density at radius 3 is 2.71 bits per heavy atom. The summed E-state index contributed by atoms with van der Waals surface area (Å²) in [5, 5.41) is 8.20. The van der Waals surface area contributed by atoms with Gasteiger partial charge in [0.1, 0.15) is 0 Å². The summed E-state index contributed by atoms with van der Waals surface area (Å²) >= 11 is 0. The van der Waals surface area contributed by atoms with Gasteiger partial charge in [0.15, 0.2) is 5.82 Å². The van der Waals surface area contributed by atoms with Gasteiger partial charge in [-0.25, -0.2) is 4.79 Å². The second kappa shape index (κ2) is 9.21. The normalized spacial score (nSPS) is 24.9. The number of hydrogen-bond donors (Lipinski definition) is 1. The Morgan fingerprint density at radius 1 is 1.17 bits per heavy atom. The lowest BCUT2D eigenvalue weighted by Crippen LogP contribution is -2.30. The van der Waals surface area contributed by atoms with Crippen molar-refractivity contribution in [1.29, 1.82) is 0 Å². The third kappa shape index (κ3) is 4.75. The van der Waals surface area contributed by atoms with Crippen molar-refractivity contribution < 1.29 is 14.1 Å². The average molecular weight is 473 g/mol. The van der Waals surface area contributed by atoms with Gasteiger partial charge in [0.05, 0.1) is 18.6 Å². The van der Waals surface area contributed by atoms with Crippen LogP contribution in [-0.2, 0) is 16.7 Å². The van der Waals surface area contributed by atoms with E-state index >= 15 is 0 Å². The van der Waals surface area contributed by atoms with Crippen LogP contribution in [0.5, 0.6) is 0 Å². The number of likely N-dealkylation sites (tertiary alicyclic amines) is 1. The standard InChI is InChI=1S/C28H32N4O3/c1-34-26(33)21-9-7-19(8-10-21)16-32-14-11-22(17-32)25-30-27(31-35-25)28(12-13-28)18-29-24-15-23(24)20-5-3-2-4-6-20/h2-10,22-24,29H,11-18H2,1H3/t22?,23-,24?/m1/s1. The lowest BCUT2D eigenvalue weighted by molar-refractivity contribution is 0.0600. The van der Waals surface area contributed by atoms with Crippen molar-refractivity contribution >= 4 is 5.97 Å². The maximum atomic E-state index is 11.6. The largest absolute Gasteiger partial charge is 0.465 e. The van der Waals surface area contributed by atoms with E-state index in [2.05, 4.69) is 45.7 Å². The number of hydrogen-bond acceptors (Lipinski definition) is 7. The molecule has 1 N–H and O–H groups in total. The molecule has 2 aliphatic carbocycles. The van der Waals surface area contributed by atoms with Crippen LogP contribution in [0.2, 0.25) is 0 Å². The van der Waals surface area contributed by atoms with Crippen molar-refractivity contribution in [2.24, 2.45) is 0 Å². The van der Waals surface area contributed by atoms with E-state index in [1.165, 1.54) is 24.7 Å². The molecule has 3 aliphatic rings. The van der Waals surface area contributed by atoms with E-state index in [1.807, 2.05) is 24.3 Å². The molecule has 6 rings (SSSR count). The summed E-state index contributed by atoms with van der Waals surface area (Å²) in [5.74, 6) is 2.27. The summed E-state index contributed by atoms with van der Waals surface area (Å²) in [4.78, 5) is 18.9. The molecule has 2 saturated carbocycles. The van der Waals surface area contributed by atoms with E-state index in [1.54, 1.807) is 0 Å². The zero-order valence-corrected chi connectivity index (χ0v) is 20.2. The topological polar surface area (TPSA) is 80.5 Å². The molecule has 35 heavy (non-hydrogen) atoms. The fraction of sp³-hybridized carbons (Fsp3) is 0.464. The van der Waals surface area contributed by atoms with Crippen molar-refractivity contribution in [1.82, 2.24) is 20.4 Å². The Morgan fingerprint density at radius 2 is 1.97 bits per heavy atom. The summed E-state index contributed by atoms with van der Waals surface area (Å²) in [6.07, 6.45) is 4.48. The molecule has 0 amide bonds. The minimum absolute atomic E-state index is 0.0469. The summed E-state index contributed by atoms with van der Waals surface area (Å²) in [6, 6.07) is 19.0. The summed E-state index contributed by atoms with van der Waals surface area (Å²) < 4.78 is 10.6. The molecule has 1 aliphatic heterocycles. The summed E-state index contributed by atoms with van der Waals surface area (Å²) in [5.41, 5.74) is 3.24. The number of ether oxygens (including phenoxy) is 1. The maximum absolute atomic E-state index is 11.6. The summed E-state index contributed by atoms with van der Waals surface area (Å²) in [7, 11) is 1.40. The number of esters is 1. The first-order chi connectivity index (χ1) is 17.1. The Labute approximate surface area is 205 Å². The highest BCUT2D eigenvalue weighted by Gasteiger charge is 2.50.